The number of thiazole rings is 1. The lowest BCUT2D eigenvalue weighted by atomic mass is 10.0. The van der Waals surface area contributed by atoms with Crippen molar-refractivity contribution in [2.24, 2.45) is 7.05 Å². The highest BCUT2D eigenvalue weighted by Gasteiger charge is 2.41. The molecule has 0 aliphatic carbocycles. The van der Waals surface area contributed by atoms with Crippen LogP contribution in [-0.4, -0.2) is 6.61 Å². The highest BCUT2D eigenvalue weighted by molar-refractivity contribution is 7.18. The third-order valence-electron chi connectivity index (χ3n) is 3.41. The van der Waals surface area contributed by atoms with Crippen molar-refractivity contribution in [2.45, 2.75) is 25.4 Å². The summed E-state index contributed by atoms with van der Waals surface area (Å²) >= 11 is 1.86. The second kappa shape index (κ2) is 3.54. The van der Waals surface area contributed by atoms with Crippen LogP contribution in [0.5, 0.6) is 0 Å². The number of fused-ring (bicyclic) bond motifs is 1. The highest BCUT2D eigenvalue weighted by atomic mass is 32.1. The normalized spacial score (nSPS) is 25.4. The minimum Gasteiger partial charge on any atom is -0.363 e. The van der Waals surface area contributed by atoms with Gasteiger partial charge in [0.2, 0.25) is 5.52 Å². The van der Waals surface area contributed by atoms with Gasteiger partial charge in [0.15, 0.2) is 5.60 Å². The molecular weight excluding hydrogens is 218 g/mol. The Morgan fingerprint density at radius 3 is 2.88 bits per heavy atom. The monoisotopic (exact) mass is 234 g/mol. The molecule has 1 atom stereocenters. The van der Waals surface area contributed by atoms with Crippen LogP contribution < -0.4 is 4.57 Å². The van der Waals surface area contributed by atoms with Crippen LogP contribution in [0.15, 0.2) is 24.3 Å². The van der Waals surface area contributed by atoms with Gasteiger partial charge in [-0.2, -0.15) is 4.57 Å². The van der Waals surface area contributed by atoms with Crippen LogP contribution in [0.4, 0.5) is 0 Å². The first-order valence-corrected chi connectivity index (χ1v) is 6.54. The molecule has 84 valence electrons. The van der Waals surface area contributed by atoms with Gasteiger partial charge in [-0.25, -0.2) is 0 Å². The fraction of sp³-hybridized carbons (Fsp3) is 0.462. The lowest BCUT2D eigenvalue weighted by Gasteiger charge is -2.16. The van der Waals surface area contributed by atoms with Gasteiger partial charge >= 0.3 is 0 Å². The van der Waals surface area contributed by atoms with E-state index in [0.29, 0.717) is 0 Å². The van der Waals surface area contributed by atoms with Crippen molar-refractivity contribution in [3.05, 3.63) is 29.3 Å². The number of rotatable bonds is 1. The van der Waals surface area contributed by atoms with Crippen LogP contribution >= 0.6 is 11.3 Å². The topological polar surface area (TPSA) is 13.1 Å². The van der Waals surface area contributed by atoms with Gasteiger partial charge in [0.05, 0.1) is 0 Å². The number of hydrogen-bond donors (Lipinski definition) is 0. The lowest BCUT2D eigenvalue weighted by Crippen LogP contribution is -2.39. The second-order valence-electron chi connectivity index (χ2n) is 4.62. The molecule has 2 nitrogen and oxygen atoms in total. The van der Waals surface area contributed by atoms with E-state index in [1.165, 1.54) is 21.6 Å². The molecule has 0 bridgehead atoms. The summed E-state index contributed by atoms with van der Waals surface area (Å²) in [5, 5.41) is 1.34. The van der Waals surface area contributed by atoms with E-state index in [1.54, 1.807) is 0 Å². The fourth-order valence-electron chi connectivity index (χ4n) is 2.51. The van der Waals surface area contributed by atoms with Gasteiger partial charge in [0.25, 0.3) is 5.01 Å². The van der Waals surface area contributed by atoms with Crippen molar-refractivity contribution < 1.29 is 9.30 Å². The summed E-state index contributed by atoms with van der Waals surface area (Å²) in [5.41, 5.74) is 1.23. The van der Waals surface area contributed by atoms with Crippen LogP contribution in [0.2, 0.25) is 0 Å². The predicted octanol–water partition coefficient (Wildman–Crippen LogP) is 2.75. The summed E-state index contributed by atoms with van der Waals surface area (Å²) in [6.45, 7) is 3.11. The number of ether oxygens (including phenoxy) is 1. The Morgan fingerprint density at radius 1 is 1.38 bits per heavy atom. The van der Waals surface area contributed by atoms with E-state index in [1.807, 2.05) is 11.3 Å². The van der Waals surface area contributed by atoms with E-state index >= 15 is 0 Å². The third kappa shape index (κ3) is 1.39. The van der Waals surface area contributed by atoms with Gasteiger partial charge in [-0.15, -0.1) is 0 Å². The average Bonchev–Trinajstić information content (AvgIpc) is 2.86. The second-order valence-corrected chi connectivity index (χ2v) is 5.65. The number of para-hydroxylation sites is 1. The molecule has 0 amide bonds. The number of aromatic nitrogens is 1. The van der Waals surface area contributed by atoms with Gasteiger partial charge in [-0.3, -0.25) is 0 Å². The molecule has 3 heteroatoms. The summed E-state index contributed by atoms with van der Waals surface area (Å²) in [4.78, 5) is 0. The molecule has 2 aromatic rings. The van der Waals surface area contributed by atoms with Gasteiger partial charge in [-0.1, -0.05) is 23.5 Å². The summed E-state index contributed by atoms with van der Waals surface area (Å²) < 4.78 is 9.55. The number of nitrogens with zero attached hydrogens (tertiary/aromatic N) is 1. The molecule has 2 heterocycles. The Bertz CT molecular complexity index is 526. The highest BCUT2D eigenvalue weighted by Crippen LogP contribution is 2.38. The quantitative estimate of drug-likeness (QED) is 0.692. The molecule has 1 aromatic heterocycles. The molecular formula is C13H16NOS+. The largest absolute Gasteiger partial charge is 0.363 e. The molecule has 0 unspecified atom stereocenters. The van der Waals surface area contributed by atoms with E-state index in [2.05, 4.69) is 42.8 Å². The summed E-state index contributed by atoms with van der Waals surface area (Å²) in [6, 6.07) is 8.55. The first-order chi connectivity index (χ1) is 7.71. The van der Waals surface area contributed by atoms with Crippen LogP contribution in [0, 0.1) is 0 Å². The molecule has 1 fully saturated rings. The Kier molecular flexibility index (Phi) is 2.26. The maximum Gasteiger partial charge on any atom is 0.270 e. The molecule has 1 saturated heterocycles. The van der Waals surface area contributed by atoms with Crippen LogP contribution in [-0.2, 0) is 17.4 Å². The lowest BCUT2D eigenvalue weighted by molar-refractivity contribution is -0.655. The number of aryl methyl sites for hydroxylation is 1. The molecule has 1 aromatic carbocycles. The molecule has 1 aliphatic heterocycles. The maximum atomic E-state index is 5.93. The Labute approximate surface area is 99.5 Å². The molecule has 3 rings (SSSR count). The zero-order valence-electron chi connectivity index (χ0n) is 9.69. The van der Waals surface area contributed by atoms with Gasteiger partial charge in [-0.05, 0) is 25.8 Å². The Morgan fingerprint density at radius 2 is 2.19 bits per heavy atom. The molecule has 0 spiro atoms. The standard InChI is InChI=1S/C13H16NOS/c1-13(8-5-9-15-13)12-14(2)10-6-3-4-7-11(10)16-12/h3-4,6-7H,5,8-9H2,1-2H3/q+1/t13-/m0/s1. The van der Waals surface area contributed by atoms with Crippen LogP contribution in [0.25, 0.3) is 10.2 Å². The van der Waals surface area contributed by atoms with Crippen molar-refractivity contribution in [2.75, 3.05) is 6.61 Å². The van der Waals surface area contributed by atoms with Gasteiger partial charge in [0.1, 0.15) is 11.7 Å². The predicted molar refractivity (Wildman–Crippen MR) is 65.5 cm³/mol. The third-order valence-corrected chi connectivity index (χ3v) is 4.87. The first kappa shape index (κ1) is 10.2. The van der Waals surface area contributed by atoms with Crippen molar-refractivity contribution in [1.82, 2.24) is 0 Å². The number of benzene rings is 1. The molecule has 16 heavy (non-hydrogen) atoms. The van der Waals surface area contributed by atoms with Crippen molar-refractivity contribution in [3.63, 3.8) is 0 Å². The summed E-state index contributed by atoms with van der Waals surface area (Å²) in [5.74, 6) is 0. The Hall–Kier alpha value is -0.930. The fourth-order valence-corrected chi connectivity index (χ4v) is 3.79. The van der Waals surface area contributed by atoms with Gasteiger partial charge < -0.3 is 4.74 Å². The molecule has 0 radical (unpaired) electrons. The molecule has 0 N–H and O–H groups in total. The van der Waals surface area contributed by atoms with Gasteiger partial charge in [0, 0.05) is 12.7 Å². The van der Waals surface area contributed by atoms with Crippen molar-refractivity contribution >= 4 is 21.6 Å². The van der Waals surface area contributed by atoms with Crippen LogP contribution in [0.3, 0.4) is 0 Å². The smallest absolute Gasteiger partial charge is 0.270 e. The molecule has 1 aliphatic rings. The van der Waals surface area contributed by atoms with E-state index in [9.17, 15) is 0 Å². The maximum absolute atomic E-state index is 5.93. The van der Waals surface area contributed by atoms with E-state index < -0.39 is 0 Å². The Balaban J connectivity index is 2.20. The SMILES string of the molecule is C[n+]1c([C@]2(C)CCCO2)sc2ccccc21. The first-order valence-electron chi connectivity index (χ1n) is 5.73. The zero-order chi connectivity index (χ0) is 11.2. The minimum absolute atomic E-state index is 0.0710. The van der Waals surface area contributed by atoms with E-state index in [4.69, 9.17) is 4.74 Å². The van der Waals surface area contributed by atoms with Crippen LogP contribution in [0.1, 0.15) is 24.8 Å². The van der Waals surface area contributed by atoms with E-state index in [-0.39, 0.29) is 5.60 Å². The zero-order valence-corrected chi connectivity index (χ0v) is 10.5. The van der Waals surface area contributed by atoms with Crippen molar-refractivity contribution in [1.29, 1.82) is 0 Å². The number of hydrogen-bond acceptors (Lipinski definition) is 2. The van der Waals surface area contributed by atoms with E-state index in [0.717, 1.165) is 13.0 Å². The minimum atomic E-state index is -0.0710. The summed E-state index contributed by atoms with van der Waals surface area (Å²) in [7, 11) is 2.14. The van der Waals surface area contributed by atoms with Crippen molar-refractivity contribution in [3.8, 4) is 0 Å². The summed E-state index contributed by atoms with van der Waals surface area (Å²) in [6.07, 6.45) is 2.30. The molecule has 0 saturated carbocycles. The average molecular weight is 234 g/mol.